The molecule has 4 heteroatoms. The fourth-order valence-electron chi connectivity index (χ4n) is 2.02. The molecule has 0 saturated heterocycles. The lowest BCUT2D eigenvalue weighted by Crippen LogP contribution is -2.24. The van der Waals surface area contributed by atoms with Crippen LogP contribution >= 0.6 is 0 Å². The lowest BCUT2D eigenvalue weighted by molar-refractivity contribution is -0.156. The summed E-state index contributed by atoms with van der Waals surface area (Å²) in [5.41, 5.74) is 0. The minimum Gasteiger partial charge on any atom is -0.481 e. The number of hydrogen-bond acceptors (Lipinski definition) is 3. The average Bonchev–Trinajstić information content (AvgIpc) is 2.27. The molecule has 1 rings (SSSR count). The van der Waals surface area contributed by atoms with Crippen LogP contribution in [-0.4, -0.2) is 23.1 Å². The molecule has 1 atom stereocenters. The number of carboxylic acids is 1. The van der Waals surface area contributed by atoms with Gasteiger partial charge in [-0.05, 0) is 32.1 Å². The second-order valence-electron chi connectivity index (χ2n) is 4.40. The summed E-state index contributed by atoms with van der Waals surface area (Å²) in [5.74, 6) is -1.87. The predicted octanol–water partition coefficient (Wildman–Crippen LogP) is 2.36. The molecule has 0 heterocycles. The molecule has 16 heavy (non-hydrogen) atoms. The Morgan fingerprint density at radius 1 is 1.31 bits per heavy atom. The molecule has 1 fully saturated rings. The molecule has 0 aromatic carbocycles. The number of esters is 1. The quantitative estimate of drug-likeness (QED) is 0.734. The van der Waals surface area contributed by atoms with Crippen LogP contribution < -0.4 is 0 Å². The van der Waals surface area contributed by atoms with Crippen molar-refractivity contribution in [3.05, 3.63) is 0 Å². The van der Waals surface area contributed by atoms with Gasteiger partial charge in [0.25, 0.3) is 0 Å². The van der Waals surface area contributed by atoms with Gasteiger partial charge in [-0.15, -0.1) is 0 Å². The second-order valence-corrected chi connectivity index (χ2v) is 4.40. The molecule has 0 aliphatic heterocycles. The smallest absolute Gasteiger partial charge is 0.307 e. The zero-order chi connectivity index (χ0) is 12.0. The highest BCUT2D eigenvalue weighted by Crippen LogP contribution is 2.21. The van der Waals surface area contributed by atoms with Crippen molar-refractivity contribution >= 4 is 11.9 Å². The predicted molar refractivity (Wildman–Crippen MR) is 59.0 cm³/mol. The Labute approximate surface area is 96.0 Å². The molecule has 0 spiro atoms. The highest BCUT2D eigenvalue weighted by Gasteiger charge is 2.23. The van der Waals surface area contributed by atoms with E-state index in [1.807, 2.05) is 0 Å². The van der Waals surface area contributed by atoms with Gasteiger partial charge in [-0.1, -0.05) is 13.3 Å². The molecule has 0 amide bonds. The van der Waals surface area contributed by atoms with Gasteiger partial charge in [-0.3, -0.25) is 9.59 Å². The Morgan fingerprint density at radius 3 is 2.44 bits per heavy atom. The summed E-state index contributed by atoms with van der Waals surface area (Å²) >= 11 is 0. The Bertz CT molecular complexity index is 243. The molecular weight excluding hydrogens is 208 g/mol. The van der Waals surface area contributed by atoms with E-state index in [2.05, 4.69) is 0 Å². The zero-order valence-corrected chi connectivity index (χ0v) is 9.78. The fraction of sp³-hybridized carbons (Fsp3) is 0.833. The highest BCUT2D eigenvalue weighted by molar-refractivity contribution is 5.78. The zero-order valence-electron chi connectivity index (χ0n) is 9.78. The molecule has 0 bridgehead atoms. The standard InChI is InChI=1S/C12H20O4/c1-2-9(12(14)15)8-11(13)16-10-6-4-3-5-7-10/h9-10H,2-8H2,1H3,(H,14,15). The van der Waals surface area contributed by atoms with E-state index in [1.54, 1.807) is 6.92 Å². The molecule has 92 valence electrons. The van der Waals surface area contributed by atoms with Crippen molar-refractivity contribution in [3.8, 4) is 0 Å². The Kier molecular flexibility index (Phi) is 5.29. The fourth-order valence-corrected chi connectivity index (χ4v) is 2.02. The van der Waals surface area contributed by atoms with E-state index in [9.17, 15) is 9.59 Å². The van der Waals surface area contributed by atoms with Crippen LogP contribution in [0.5, 0.6) is 0 Å². The van der Waals surface area contributed by atoms with Crippen LogP contribution in [0.1, 0.15) is 51.9 Å². The summed E-state index contributed by atoms with van der Waals surface area (Å²) in [6, 6.07) is 0. The van der Waals surface area contributed by atoms with Crippen molar-refractivity contribution in [3.63, 3.8) is 0 Å². The Hall–Kier alpha value is -1.06. The molecule has 0 aromatic rings. The summed E-state index contributed by atoms with van der Waals surface area (Å²) < 4.78 is 5.27. The van der Waals surface area contributed by atoms with E-state index in [-0.39, 0.29) is 18.5 Å². The van der Waals surface area contributed by atoms with Crippen LogP contribution in [0.25, 0.3) is 0 Å². The summed E-state index contributed by atoms with van der Waals surface area (Å²) in [7, 11) is 0. The minimum absolute atomic E-state index is 0.00231. The van der Waals surface area contributed by atoms with Crippen LogP contribution in [0.2, 0.25) is 0 Å². The number of rotatable bonds is 5. The molecule has 1 saturated carbocycles. The first-order valence-electron chi connectivity index (χ1n) is 6.05. The van der Waals surface area contributed by atoms with Gasteiger partial charge in [0, 0.05) is 0 Å². The summed E-state index contributed by atoms with van der Waals surface area (Å²) in [6.45, 7) is 1.77. The van der Waals surface area contributed by atoms with Crippen molar-refractivity contribution in [2.75, 3.05) is 0 Å². The maximum atomic E-state index is 11.5. The van der Waals surface area contributed by atoms with Crippen LogP contribution in [0.4, 0.5) is 0 Å². The molecule has 0 radical (unpaired) electrons. The first kappa shape index (κ1) is 13.0. The van der Waals surface area contributed by atoms with Crippen LogP contribution in [0, 0.1) is 5.92 Å². The number of hydrogen-bond donors (Lipinski definition) is 1. The van der Waals surface area contributed by atoms with E-state index in [0.717, 1.165) is 25.7 Å². The van der Waals surface area contributed by atoms with Gasteiger partial charge in [0.05, 0.1) is 12.3 Å². The van der Waals surface area contributed by atoms with Gasteiger partial charge >= 0.3 is 11.9 Å². The number of ether oxygens (including phenoxy) is 1. The van der Waals surface area contributed by atoms with Gasteiger partial charge < -0.3 is 9.84 Å². The highest BCUT2D eigenvalue weighted by atomic mass is 16.5. The maximum Gasteiger partial charge on any atom is 0.307 e. The third kappa shape index (κ3) is 4.21. The molecule has 1 aliphatic rings. The molecule has 4 nitrogen and oxygen atoms in total. The lowest BCUT2D eigenvalue weighted by atomic mass is 9.97. The number of carbonyl (C=O) groups is 2. The summed E-state index contributed by atoms with van der Waals surface area (Å²) in [6.07, 6.45) is 5.76. The summed E-state index contributed by atoms with van der Waals surface area (Å²) in [5, 5.41) is 8.82. The van der Waals surface area contributed by atoms with Crippen molar-refractivity contribution in [1.29, 1.82) is 0 Å². The van der Waals surface area contributed by atoms with Crippen molar-refractivity contribution in [2.45, 2.75) is 58.0 Å². The molecule has 0 aromatic heterocycles. The Balaban J connectivity index is 2.31. The van der Waals surface area contributed by atoms with Gasteiger partial charge in [0.2, 0.25) is 0 Å². The molecule has 1 aliphatic carbocycles. The normalized spacial score (nSPS) is 19.1. The van der Waals surface area contributed by atoms with Crippen molar-refractivity contribution < 1.29 is 19.4 Å². The Morgan fingerprint density at radius 2 is 1.94 bits per heavy atom. The number of aliphatic carboxylic acids is 1. The summed E-state index contributed by atoms with van der Waals surface area (Å²) in [4.78, 5) is 22.2. The number of carboxylic acid groups (broad SMARTS) is 1. The third-order valence-corrected chi connectivity index (χ3v) is 3.11. The van der Waals surface area contributed by atoms with Gasteiger partial charge in [-0.2, -0.15) is 0 Å². The monoisotopic (exact) mass is 228 g/mol. The van der Waals surface area contributed by atoms with E-state index >= 15 is 0 Å². The van der Waals surface area contributed by atoms with Gasteiger partial charge in [0.1, 0.15) is 6.10 Å². The topological polar surface area (TPSA) is 63.6 Å². The van der Waals surface area contributed by atoms with Gasteiger partial charge in [0.15, 0.2) is 0 Å². The van der Waals surface area contributed by atoms with E-state index < -0.39 is 11.9 Å². The van der Waals surface area contributed by atoms with E-state index in [1.165, 1.54) is 6.42 Å². The van der Waals surface area contributed by atoms with E-state index in [0.29, 0.717) is 6.42 Å². The minimum atomic E-state index is -0.914. The molecule has 1 N–H and O–H groups in total. The third-order valence-electron chi connectivity index (χ3n) is 3.11. The van der Waals surface area contributed by atoms with Crippen LogP contribution in [-0.2, 0) is 14.3 Å². The lowest BCUT2D eigenvalue weighted by Gasteiger charge is -2.22. The SMILES string of the molecule is CCC(CC(=O)OC1CCCCC1)C(=O)O. The number of carbonyl (C=O) groups excluding carboxylic acids is 1. The average molecular weight is 228 g/mol. The first-order valence-corrected chi connectivity index (χ1v) is 6.05. The van der Waals surface area contributed by atoms with Gasteiger partial charge in [-0.25, -0.2) is 0 Å². The van der Waals surface area contributed by atoms with E-state index in [4.69, 9.17) is 9.84 Å². The second kappa shape index (κ2) is 6.51. The largest absolute Gasteiger partial charge is 0.481 e. The first-order chi connectivity index (χ1) is 7.63. The van der Waals surface area contributed by atoms with Crippen molar-refractivity contribution in [1.82, 2.24) is 0 Å². The molecular formula is C12H20O4. The van der Waals surface area contributed by atoms with Crippen molar-refractivity contribution in [2.24, 2.45) is 5.92 Å². The van der Waals surface area contributed by atoms with Crippen LogP contribution in [0.3, 0.4) is 0 Å². The van der Waals surface area contributed by atoms with Crippen LogP contribution in [0.15, 0.2) is 0 Å². The maximum absolute atomic E-state index is 11.5. The molecule has 1 unspecified atom stereocenters.